The number of carbonyl (C=O) groups excluding carboxylic acids is 2. The highest BCUT2D eigenvalue weighted by atomic mass is 35.5. The maximum Gasteiger partial charge on any atom is 0.339 e. The Morgan fingerprint density at radius 1 is 1.05 bits per heavy atom. The van der Waals surface area contributed by atoms with E-state index in [-0.39, 0.29) is 22.1 Å². The minimum atomic E-state index is -4.16. The van der Waals surface area contributed by atoms with Crippen molar-refractivity contribution in [1.29, 1.82) is 0 Å². The Balaban J connectivity index is 1.61. The molecule has 0 saturated heterocycles. The number of ketones is 1. The van der Waals surface area contributed by atoms with Crippen LogP contribution in [0.4, 0.5) is 0 Å². The molecule has 1 aromatic heterocycles. The van der Waals surface area contributed by atoms with E-state index in [1.807, 2.05) is 6.07 Å². The van der Waals surface area contributed by atoms with Gasteiger partial charge in [0, 0.05) is 17.3 Å². The Morgan fingerprint density at radius 3 is 2.45 bits per heavy atom. The van der Waals surface area contributed by atoms with Crippen molar-refractivity contribution >= 4 is 68.4 Å². The number of benzene rings is 2. The largest absolute Gasteiger partial charge is 0.507 e. The number of rotatable bonds is 14. The molecule has 1 unspecified atom stereocenters. The first-order chi connectivity index (χ1) is 18.9. The molecule has 0 aliphatic heterocycles. The lowest BCUT2D eigenvalue weighted by Crippen LogP contribution is -2.43. The molecule has 1 amide bonds. The van der Waals surface area contributed by atoms with Crippen molar-refractivity contribution in [2.45, 2.75) is 29.7 Å². The quantitative estimate of drug-likeness (QED) is 0.177. The molecule has 2 aromatic carbocycles. The first-order valence-electron chi connectivity index (χ1n) is 11.4. The number of hydrogen-bond donors (Lipinski definition) is 5. The molecule has 1 atom stereocenters. The Hall–Kier alpha value is -3.43. The standard InChI is InChI=1S/C25H23ClN2O9S3/c26-18-4-2-1-3-15(18)12-38-13-21(30)19(9-23(31)32)28-24(33)22-7-14(11-39-22)10-27-40(36,37)16-5-6-20(29)17(8-16)25(34)35/h1-8,11,19,27,29H,9-10,12-13H2,(H,28,33)(H,31,32)(H,34,35). The number of aromatic hydroxyl groups is 1. The molecule has 0 saturated carbocycles. The lowest BCUT2D eigenvalue weighted by atomic mass is 10.1. The predicted octanol–water partition coefficient (Wildman–Crippen LogP) is 3.36. The molecule has 3 aromatic rings. The van der Waals surface area contributed by atoms with Gasteiger partial charge in [-0.1, -0.05) is 29.8 Å². The van der Waals surface area contributed by atoms with Crippen molar-refractivity contribution in [1.82, 2.24) is 10.0 Å². The molecule has 40 heavy (non-hydrogen) atoms. The zero-order valence-corrected chi connectivity index (χ0v) is 23.7. The van der Waals surface area contributed by atoms with Crippen LogP contribution in [0.2, 0.25) is 5.02 Å². The number of Topliss-reactive ketones (excluding diaryl/α,β-unsaturated/α-hetero) is 1. The lowest BCUT2D eigenvalue weighted by molar-refractivity contribution is -0.139. The second-order valence-corrected chi connectivity index (χ2v) is 12.4. The number of hydrogen-bond acceptors (Lipinski definition) is 9. The van der Waals surface area contributed by atoms with Gasteiger partial charge in [-0.3, -0.25) is 14.4 Å². The summed E-state index contributed by atoms with van der Waals surface area (Å²) in [6.45, 7) is -0.244. The van der Waals surface area contributed by atoms with Crippen LogP contribution in [0.15, 0.2) is 58.8 Å². The highest BCUT2D eigenvalue weighted by molar-refractivity contribution is 7.99. The van der Waals surface area contributed by atoms with E-state index in [1.165, 1.54) is 23.2 Å². The molecule has 11 nitrogen and oxygen atoms in total. The lowest BCUT2D eigenvalue weighted by Gasteiger charge is -2.15. The minimum Gasteiger partial charge on any atom is -0.507 e. The third kappa shape index (κ3) is 8.53. The first kappa shape index (κ1) is 31.1. The molecule has 3 rings (SSSR count). The minimum absolute atomic E-state index is 0.0538. The van der Waals surface area contributed by atoms with Crippen molar-refractivity contribution in [3.63, 3.8) is 0 Å². The molecule has 5 N–H and O–H groups in total. The van der Waals surface area contributed by atoms with Crippen LogP contribution in [0.3, 0.4) is 0 Å². The summed E-state index contributed by atoms with van der Waals surface area (Å²) in [5.41, 5.74) is 0.632. The predicted molar refractivity (Wildman–Crippen MR) is 150 cm³/mol. The van der Waals surface area contributed by atoms with Gasteiger partial charge >= 0.3 is 11.9 Å². The molecule has 0 radical (unpaired) electrons. The Bertz CT molecular complexity index is 1540. The molecule has 0 spiro atoms. The van der Waals surface area contributed by atoms with Gasteiger partial charge in [-0.2, -0.15) is 0 Å². The van der Waals surface area contributed by atoms with Crippen molar-refractivity contribution < 1.29 is 42.9 Å². The number of aromatic carboxylic acids is 1. The van der Waals surface area contributed by atoms with Crippen molar-refractivity contribution in [2.75, 3.05) is 5.75 Å². The van der Waals surface area contributed by atoms with E-state index in [2.05, 4.69) is 10.0 Å². The van der Waals surface area contributed by atoms with Gasteiger partial charge in [-0.25, -0.2) is 17.9 Å². The number of phenols is 1. The van der Waals surface area contributed by atoms with Gasteiger partial charge in [0.05, 0.1) is 28.0 Å². The van der Waals surface area contributed by atoms with Gasteiger partial charge in [-0.15, -0.1) is 23.1 Å². The summed E-state index contributed by atoms with van der Waals surface area (Å²) < 4.78 is 27.5. The number of carboxylic acids is 2. The summed E-state index contributed by atoms with van der Waals surface area (Å²) in [4.78, 5) is 47.7. The summed E-state index contributed by atoms with van der Waals surface area (Å²) in [5, 5.41) is 32.4. The number of thioether (sulfide) groups is 1. The molecule has 212 valence electrons. The highest BCUT2D eigenvalue weighted by Crippen LogP contribution is 2.23. The molecule has 1 heterocycles. The summed E-state index contributed by atoms with van der Waals surface area (Å²) in [7, 11) is -4.16. The number of carboxylic acid groups (broad SMARTS) is 2. The Kier molecular flexibility index (Phi) is 10.7. The van der Waals surface area contributed by atoms with Crippen LogP contribution < -0.4 is 10.0 Å². The number of thiophene rings is 1. The molecule has 0 aliphatic rings. The van der Waals surface area contributed by atoms with Crippen molar-refractivity contribution in [2.24, 2.45) is 0 Å². The molecule has 15 heteroatoms. The number of halogens is 1. The van der Waals surface area contributed by atoms with Gasteiger partial charge in [0.2, 0.25) is 10.0 Å². The number of carbonyl (C=O) groups is 4. The molecule has 0 fully saturated rings. The van der Waals surface area contributed by atoms with Crippen LogP contribution in [-0.2, 0) is 31.9 Å². The zero-order valence-electron chi connectivity index (χ0n) is 20.5. The van der Waals surface area contributed by atoms with E-state index in [0.29, 0.717) is 16.3 Å². The monoisotopic (exact) mass is 626 g/mol. The molecule has 0 bridgehead atoms. The Morgan fingerprint density at radius 2 is 1.77 bits per heavy atom. The van der Waals surface area contributed by atoms with Gasteiger partial charge in [0.1, 0.15) is 11.3 Å². The zero-order chi connectivity index (χ0) is 29.4. The SMILES string of the molecule is O=C(O)CC(NC(=O)c1cc(CNS(=O)(=O)c2ccc(O)c(C(=O)O)c2)cs1)C(=O)CSCc1ccccc1Cl. The third-order valence-corrected chi connectivity index (χ3v) is 9.13. The molecule has 0 aliphatic carbocycles. The maximum absolute atomic E-state index is 12.8. The highest BCUT2D eigenvalue weighted by Gasteiger charge is 2.25. The number of aliphatic carboxylic acids is 1. The number of amides is 1. The fourth-order valence-electron chi connectivity index (χ4n) is 3.33. The molecular formula is C25H23ClN2O9S3. The van der Waals surface area contributed by atoms with E-state index in [0.717, 1.165) is 35.1 Å². The second-order valence-electron chi connectivity index (χ2n) is 8.30. The van der Waals surface area contributed by atoms with E-state index >= 15 is 0 Å². The molecular weight excluding hydrogens is 604 g/mol. The summed E-state index contributed by atoms with van der Waals surface area (Å²) in [6, 6.07) is 10.0. The van der Waals surface area contributed by atoms with Crippen LogP contribution in [0.1, 0.15) is 37.6 Å². The topological polar surface area (TPSA) is 187 Å². The van der Waals surface area contributed by atoms with E-state index in [9.17, 15) is 37.8 Å². The van der Waals surface area contributed by atoms with Crippen LogP contribution in [0, 0.1) is 0 Å². The fourth-order valence-corrected chi connectivity index (χ4v) is 6.45. The van der Waals surface area contributed by atoms with Gasteiger partial charge in [-0.05, 0) is 46.8 Å². The first-order valence-corrected chi connectivity index (χ1v) is 15.3. The van der Waals surface area contributed by atoms with Gasteiger partial charge < -0.3 is 20.6 Å². The van der Waals surface area contributed by atoms with Crippen molar-refractivity contribution in [3.05, 3.63) is 80.5 Å². The van der Waals surface area contributed by atoms with E-state index in [1.54, 1.807) is 18.2 Å². The third-order valence-electron chi connectivity index (χ3n) is 5.39. The van der Waals surface area contributed by atoms with E-state index in [4.69, 9.17) is 16.7 Å². The smallest absolute Gasteiger partial charge is 0.339 e. The van der Waals surface area contributed by atoms with E-state index < -0.39 is 57.4 Å². The summed E-state index contributed by atoms with van der Waals surface area (Å²) >= 11 is 8.31. The van der Waals surface area contributed by atoms with Crippen LogP contribution in [-0.4, -0.2) is 59.2 Å². The van der Waals surface area contributed by atoms with Crippen molar-refractivity contribution in [3.8, 4) is 5.75 Å². The van der Waals surface area contributed by atoms with Crippen LogP contribution in [0.5, 0.6) is 5.75 Å². The maximum atomic E-state index is 12.8. The average molecular weight is 627 g/mol. The fraction of sp³-hybridized carbons (Fsp3) is 0.200. The van der Waals surface area contributed by atoms with Gasteiger partial charge in [0.25, 0.3) is 5.91 Å². The van der Waals surface area contributed by atoms with Gasteiger partial charge in [0.15, 0.2) is 5.78 Å². The summed E-state index contributed by atoms with van der Waals surface area (Å²) in [6.07, 6.45) is -0.611. The number of nitrogens with one attached hydrogen (secondary N) is 2. The number of sulfonamides is 1. The Labute approximate surface area is 242 Å². The normalized spacial score (nSPS) is 12.0. The van der Waals surface area contributed by atoms with Crippen LogP contribution >= 0.6 is 34.7 Å². The van der Waals surface area contributed by atoms with Crippen LogP contribution in [0.25, 0.3) is 0 Å². The summed E-state index contributed by atoms with van der Waals surface area (Å²) in [5.74, 6) is -4.16. The second kappa shape index (κ2) is 13.8. The average Bonchev–Trinajstić information content (AvgIpc) is 3.37.